The molecule has 0 unspecified atom stereocenters. The highest BCUT2D eigenvalue weighted by atomic mass is 32.1. The van der Waals surface area contributed by atoms with Crippen LogP contribution in [0.2, 0.25) is 0 Å². The van der Waals surface area contributed by atoms with Gasteiger partial charge in [-0.2, -0.15) is 0 Å². The van der Waals surface area contributed by atoms with Crippen LogP contribution < -0.4 is 0 Å². The Hall–Kier alpha value is -7.34. The Labute approximate surface area is 333 Å². The molecule has 0 aliphatic heterocycles. The summed E-state index contributed by atoms with van der Waals surface area (Å²) in [4.78, 5) is 20.0. The lowest BCUT2D eigenvalue weighted by atomic mass is 9.96. The number of pyridine rings is 2. The van der Waals surface area contributed by atoms with Crippen molar-refractivity contribution in [3.8, 4) is 67.5 Å². The second kappa shape index (κ2) is 13.7. The van der Waals surface area contributed by atoms with Crippen molar-refractivity contribution < 1.29 is 0 Å². The number of aromatic nitrogens is 4. The zero-order valence-electron chi connectivity index (χ0n) is 30.7. The molecule has 4 heterocycles. The maximum absolute atomic E-state index is 5.25. The van der Waals surface area contributed by atoms with E-state index in [1.54, 1.807) is 6.20 Å². The van der Waals surface area contributed by atoms with E-state index in [4.69, 9.17) is 15.0 Å². The lowest BCUT2D eigenvalue weighted by molar-refractivity contribution is 1.16. The highest BCUT2D eigenvalue weighted by molar-refractivity contribution is 7.26. The predicted molar refractivity (Wildman–Crippen MR) is 238 cm³/mol. The number of hydrogen-bond acceptors (Lipinski definition) is 5. The Bertz CT molecular complexity index is 3270. The SMILES string of the molecule is c1ccc(-c2cccc(-c3nc(-c4ccc(-c5ccc(-c6nc7ccccc7c7c6ccc6c8ccccc8sc67)cc5)cc4)cc(-c4ccccn4)n3)c2)cc1. The zero-order valence-corrected chi connectivity index (χ0v) is 31.5. The molecule has 4 aromatic heterocycles. The predicted octanol–water partition coefficient (Wildman–Crippen LogP) is 13.9. The van der Waals surface area contributed by atoms with Crippen LogP contribution in [0.5, 0.6) is 0 Å². The minimum Gasteiger partial charge on any atom is -0.255 e. The minimum absolute atomic E-state index is 0.661. The first-order chi connectivity index (χ1) is 28.2. The van der Waals surface area contributed by atoms with E-state index in [0.29, 0.717) is 5.82 Å². The zero-order chi connectivity index (χ0) is 37.7. The van der Waals surface area contributed by atoms with Gasteiger partial charge in [-0.05, 0) is 58.7 Å². The minimum atomic E-state index is 0.661. The summed E-state index contributed by atoms with van der Waals surface area (Å²) in [6.07, 6.45) is 1.80. The summed E-state index contributed by atoms with van der Waals surface area (Å²) in [6, 6.07) is 65.9. The van der Waals surface area contributed by atoms with Crippen molar-refractivity contribution in [2.75, 3.05) is 0 Å². The molecule has 266 valence electrons. The van der Waals surface area contributed by atoms with Gasteiger partial charge in [-0.25, -0.2) is 15.0 Å². The van der Waals surface area contributed by atoms with Crippen LogP contribution in [0.25, 0.3) is 109 Å². The topological polar surface area (TPSA) is 51.6 Å². The van der Waals surface area contributed by atoms with Crippen LogP contribution in [0.15, 0.2) is 194 Å². The molecule has 7 aromatic carbocycles. The van der Waals surface area contributed by atoms with Gasteiger partial charge >= 0.3 is 0 Å². The molecule has 0 saturated heterocycles. The van der Waals surface area contributed by atoms with Gasteiger partial charge in [-0.15, -0.1) is 11.3 Å². The summed E-state index contributed by atoms with van der Waals surface area (Å²) < 4.78 is 2.62. The van der Waals surface area contributed by atoms with Crippen molar-refractivity contribution in [2.45, 2.75) is 0 Å². The number of hydrogen-bond donors (Lipinski definition) is 0. The summed E-state index contributed by atoms with van der Waals surface area (Å²) in [6.45, 7) is 0. The van der Waals surface area contributed by atoms with Gasteiger partial charge in [0.05, 0.1) is 28.3 Å². The fourth-order valence-corrected chi connectivity index (χ4v) is 9.19. The molecule has 0 bridgehead atoms. The van der Waals surface area contributed by atoms with Crippen LogP contribution in [0.4, 0.5) is 0 Å². The Kier molecular flexibility index (Phi) is 7.97. The van der Waals surface area contributed by atoms with Gasteiger partial charge < -0.3 is 0 Å². The smallest absolute Gasteiger partial charge is 0.160 e. The molecule has 11 rings (SSSR count). The number of rotatable bonds is 6. The lowest BCUT2D eigenvalue weighted by Gasteiger charge is -2.12. The first kappa shape index (κ1) is 33.0. The van der Waals surface area contributed by atoms with Gasteiger partial charge in [0.1, 0.15) is 0 Å². The second-order valence-corrected chi connectivity index (χ2v) is 15.3. The summed E-state index contributed by atoms with van der Waals surface area (Å²) in [5.74, 6) is 0.661. The van der Waals surface area contributed by atoms with Crippen LogP contribution in [-0.2, 0) is 0 Å². The molecular weight excluding hydrogens is 713 g/mol. The van der Waals surface area contributed by atoms with Crippen LogP contribution >= 0.6 is 11.3 Å². The number of para-hydroxylation sites is 1. The highest BCUT2D eigenvalue weighted by Gasteiger charge is 2.17. The average Bonchev–Trinajstić information content (AvgIpc) is 3.68. The normalized spacial score (nSPS) is 11.5. The van der Waals surface area contributed by atoms with Crippen molar-refractivity contribution in [1.29, 1.82) is 0 Å². The monoisotopic (exact) mass is 744 g/mol. The molecule has 4 nitrogen and oxygen atoms in total. The van der Waals surface area contributed by atoms with E-state index in [1.807, 2.05) is 41.7 Å². The Balaban J connectivity index is 0.955. The number of benzene rings is 7. The van der Waals surface area contributed by atoms with Gasteiger partial charge in [0.2, 0.25) is 0 Å². The van der Waals surface area contributed by atoms with Crippen molar-refractivity contribution >= 4 is 53.2 Å². The summed E-state index contributed by atoms with van der Waals surface area (Å²) in [7, 11) is 0. The standard InChI is InChI=1S/C52H32N4S/c1-2-11-33(12-3-1)38-13-10-14-39(31-38)52-55-46(32-47(56-52)45-18-8-9-30-53-45)36-24-20-34(21-25-36)35-22-26-37(27-23-35)50-43-29-28-41-40-15-5-7-19-48(40)57-51(41)49(43)42-16-4-6-17-44(42)54-50/h1-32H. The van der Waals surface area contributed by atoms with Crippen LogP contribution in [0, 0.1) is 0 Å². The molecule has 0 radical (unpaired) electrons. The van der Waals surface area contributed by atoms with Crippen molar-refractivity contribution in [3.63, 3.8) is 0 Å². The largest absolute Gasteiger partial charge is 0.255 e. The van der Waals surface area contributed by atoms with Crippen LogP contribution in [0.3, 0.4) is 0 Å². The fraction of sp³-hybridized carbons (Fsp3) is 0. The van der Waals surface area contributed by atoms with E-state index in [0.717, 1.165) is 67.2 Å². The highest BCUT2D eigenvalue weighted by Crippen LogP contribution is 2.43. The van der Waals surface area contributed by atoms with E-state index in [9.17, 15) is 0 Å². The van der Waals surface area contributed by atoms with Crippen LogP contribution in [-0.4, -0.2) is 19.9 Å². The van der Waals surface area contributed by atoms with Gasteiger partial charge in [0.25, 0.3) is 0 Å². The summed E-state index contributed by atoms with van der Waals surface area (Å²) in [5, 5.41) is 6.24. The van der Waals surface area contributed by atoms with Crippen molar-refractivity contribution in [3.05, 3.63) is 194 Å². The molecule has 0 fully saturated rings. The first-order valence-electron chi connectivity index (χ1n) is 19.0. The van der Waals surface area contributed by atoms with Crippen LogP contribution in [0.1, 0.15) is 0 Å². The molecule has 0 N–H and O–H groups in total. The summed E-state index contributed by atoms with van der Waals surface area (Å²) >= 11 is 1.87. The van der Waals surface area contributed by atoms with E-state index < -0.39 is 0 Å². The van der Waals surface area contributed by atoms with Gasteiger partial charge in [-0.1, -0.05) is 152 Å². The third-order valence-electron chi connectivity index (χ3n) is 10.8. The molecule has 0 spiro atoms. The molecule has 5 heteroatoms. The average molecular weight is 745 g/mol. The number of fused-ring (bicyclic) bond motifs is 7. The molecule has 0 amide bonds. The number of nitrogens with zero attached hydrogens (tertiary/aromatic N) is 4. The van der Waals surface area contributed by atoms with E-state index in [1.165, 1.54) is 36.3 Å². The Morgan fingerprint density at radius 2 is 0.982 bits per heavy atom. The molecule has 0 atom stereocenters. The number of thiophene rings is 1. The Morgan fingerprint density at radius 3 is 1.79 bits per heavy atom. The maximum atomic E-state index is 5.25. The van der Waals surface area contributed by atoms with Crippen molar-refractivity contribution in [2.24, 2.45) is 0 Å². The molecule has 57 heavy (non-hydrogen) atoms. The molecule has 0 saturated carbocycles. The third-order valence-corrected chi connectivity index (χ3v) is 12.0. The Morgan fingerprint density at radius 1 is 0.351 bits per heavy atom. The molecule has 0 aliphatic rings. The van der Waals surface area contributed by atoms with Gasteiger partial charge in [0, 0.05) is 59.2 Å². The van der Waals surface area contributed by atoms with E-state index >= 15 is 0 Å². The second-order valence-electron chi connectivity index (χ2n) is 14.2. The molecule has 0 aliphatic carbocycles. The van der Waals surface area contributed by atoms with E-state index in [-0.39, 0.29) is 0 Å². The summed E-state index contributed by atoms with van der Waals surface area (Å²) in [5.41, 5.74) is 12.0. The van der Waals surface area contributed by atoms with E-state index in [2.05, 4.69) is 163 Å². The quantitative estimate of drug-likeness (QED) is 0.159. The van der Waals surface area contributed by atoms with Crippen molar-refractivity contribution in [1.82, 2.24) is 19.9 Å². The third kappa shape index (κ3) is 5.93. The van der Waals surface area contributed by atoms with Gasteiger partial charge in [-0.3, -0.25) is 4.98 Å². The first-order valence-corrected chi connectivity index (χ1v) is 19.9. The lowest BCUT2D eigenvalue weighted by Crippen LogP contribution is -1.97. The van der Waals surface area contributed by atoms with Gasteiger partial charge in [0.15, 0.2) is 5.82 Å². The maximum Gasteiger partial charge on any atom is 0.160 e. The fourth-order valence-electron chi connectivity index (χ4n) is 7.93. The molecular formula is C52H32N4S. The molecule has 11 aromatic rings.